The molecule has 3 rings (SSSR count). The van der Waals surface area contributed by atoms with Crippen molar-refractivity contribution in [1.29, 1.82) is 0 Å². The minimum atomic E-state index is -4.31. The van der Waals surface area contributed by atoms with Gasteiger partial charge in [-0.05, 0) is 41.0 Å². The quantitative estimate of drug-likeness (QED) is 0.899. The lowest BCUT2D eigenvalue weighted by Crippen LogP contribution is -2.04. The summed E-state index contributed by atoms with van der Waals surface area (Å²) in [5, 5.41) is 9.47. The van der Waals surface area contributed by atoms with E-state index >= 15 is 0 Å². The van der Waals surface area contributed by atoms with Crippen LogP contribution in [-0.4, -0.2) is 11.7 Å². The van der Waals surface area contributed by atoms with Crippen LogP contribution in [0.4, 0.5) is 13.2 Å². The van der Waals surface area contributed by atoms with Gasteiger partial charge in [0.1, 0.15) is 0 Å². The molecule has 0 aliphatic heterocycles. The van der Waals surface area contributed by atoms with Gasteiger partial charge in [-0.1, -0.05) is 42.5 Å². The maximum Gasteiger partial charge on any atom is 0.416 e. The Morgan fingerprint density at radius 2 is 1.33 bits per heavy atom. The lowest BCUT2D eigenvalue weighted by molar-refractivity contribution is -0.137. The second-order valence-corrected chi connectivity index (χ2v) is 5.43. The van der Waals surface area contributed by atoms with Crippen molar-refractivity contribution in [1.82, 2.24) is 0 Å². The van der Waals surface area contributed by atoms with Crippen LogP contribution < -0.4 is 0 Å². The number of benzene rings is 2. The Bertz CT molecular complexity index is 604. The Balaban J connectivity index is 1.84. The molecule has 110 valence electrons. The Kier molecular flexibility index (Phi) is 3.49. The average Bonchev–Trinajstić information content (AvgIpc) is 3.22. The smallest absolute Gasteiger partial charge is 0.396 e. The van der Waals surface area contributed by atoms with E-state index < -0.39 is 11.7 Å². The zero-order chi connectivity index (χ0) is 15.0. The standard InChI is InChI=1S/C17H15F3O/c18-17(19,20)13-8-6-12(7-9-13)16-14(10-21)15(16)11-4-2-1-3-5-11/h1-9,14-16,21H,10H2/t14-,15-,16+/m0/s1. The molecule has 0 radical (unpaired) electrons. The fourth-order valence-corrected chi connectivity index (χ4v) is 3.08. The van der Waals surface area contributed by atoms with Crippen molar-refractivity contribution < 1.29 is 18.3 Å². The summed E-state index contributed by atoms with van der Waals surface area (Å²) in [4.78, 5) is 0. The van der Waals surface area contributed by atoms with Gasteiger partial charge >= 0.3 is 6.18 Å². The highest BCUT2D eigenvalue weighted by Gasteiger charge is 2.51. The van der Waals surface area contributed by atoms with E-state index in [-0.39, 0.29) is 24.4 Å². The number of hydrogen-bond acceptors (Lipinski definition) is 1. The summed E-state index contributed by atoms with van der Waals surface area (Å²) in [6.07, 6.45) is -4.31. The highest BCUT2D eigenvalue weighted by molar-refractivity contribution is 5.40. The molecular formula is C17H15F3O. The second kappa shape index (κ2) is 5.19. The molecule has 1 saturated carbocycles. The molecular weight excluding hydrogens is 277 g/mol. The number of alkyl halides is 3. The van der Waals surface area contributed by atoms with Gasteiger partial charge in [-0.3, -0.25) is 0 Å². The zero-order valence-electron chi connectivity index (χ0n) is 11.2. The molecule has 0 bridgehead atoms. The minimum absolute atomic E-state index is 0.0469. The largest absolute Gasteiger partial charge is 0.416 e. The fourth-order valence-electron chi connectivity index (χ4n) is 3.08. The maximum atomic E-state index is 12.6. The number of halogens is 3. The molecule has 21 heavy (non-hydrogen) atoms. The molecule has 0 heterocycles. The first-order chi connectivity index (χ1) is 10.0. The third-order valence-corrected chi connectivity index (χ3v) is 4.19. The molecule has 2 aromatic carbocycles. The summed E-state index contributed by atoms with van der Waals surface area (Å²) in [5.74, 6) is 0.372. The molecule has 1 N–H and O–H groups in total. The van der Waals surface area contributed by atoms with Crippen molar-refractivity contribution in [2.24, 2.45) is 5.92 Å². The van der Waals surface area contributed by atoms with Gasteiger partial charge in [0.15, 0.2) is 0 Å². The molecule has 2 aromatic rings. The lowest BCUT2D eigenvalue weighted by atomic mass is 10.0. The fraction of sp³-hybridized carbons (Fsp3) is 0.294. The monoisotopic (exact) mass is 292 g/mol. The Morgan fingerprint density at radius 3 is 1.81 bits per heavy atom. The van der Waals surface area contributed by atoms with Crippen LogP contribution in [0.15, 0.2) is 54.6 Å². The number of hydrogen-bond donors (Lipinski definition) is 1. The second-order valence-electron chi connectivity index (χ2n) is 5.43. The first-order valence-electron chi connectivity index (χ1n) is 6.85. The van der Waals surface area contributed by atoms with Gasteiger partial charge < -0.3 is 5.11 Å². The first-order valence-corrected chi connectivity index (χ1v) is 6.85. The molecule has 1 fully saturated rings. The number of aliphatic hydroxyl groups is 1. The van der Waals surface area contributed by atoms with E-state index in [4.69, 9.17) is 0 Å². The molecule has 0 saturated heterocycles. The summed E-state index contributed by atoms with van der Waals surface area (Å²) in [6, 6.07) is 15.1. The highest BCUT2D eigenvalue weighted by atomic mass is 19.4. The third kappa shape index (κ3) is 2.68. The Hall–Kier alpha value is -1.81. The SMILES string of the molecule is OC[C@@H]1[C@@H](c2ccc(C(F)(F)F)cc2)[C@H]1c1ccccc1. The van der Waals surface area contributed by atoms with E-state index in [0.29, 0.717) is 0 Å². The van der Waals surface area contributed by atoms with Crippen molar-refractivity contribution in [2.45, 2.75) is 18.0 Å². The van der Waals surface area contributed by atoms with Crippen LogP contribution in [0.2, 0.25) is 0 Å². The van der Waals surface area contributed by atoms with Crippen LogP contribution in [0.1, 0.15) is 28.5 Å². The van der Waals surface area contributed by atoms with Crippen molar-refractivity contribution in [3.8, 4) is 0 Å². The van der Waals surface area contributed by atoms with Gasteiger partial charge in [0.2, 0.25) is 0 Å². The summed E-state index contributed by atoms with van der Waals surface area (Å²) in [7, 11) is 0. The van der Waals surface area contributed by atoms with E-state index in [1.165, 1.54) is 12.1 Å². The van der Waals surface area contributed by atoms with Crippen LogP contribution >= 0.6 is 0 Å². The molecule has 0 unspecified atom stereocenters. The molecule has 0 aromatic heterocycles. The van der Waals surface area contributed by atoms with Gasteiger partial charge in [-0.25, -0.2) is 0 Å². The van der Waals surface area contributed by atoms with Crippen LogP contribution in [0.3, 0.4) is 0 Å². The zero-order valence-corrected chi connectivity index (χ0v) is 11.2. The predicted octanol–water partition coefficient (Wildman–Crippen LogP) is 4.19. The van der Waals surface area contributed by atoms with E-state index in [1.54, 1.807) is 0 Å². The average molecular weight is 292 g/mol. The first kappa shape index (κ1) is 14.1. The van der Waals surface area contributed by atoms with Crippen LogP contribution in [-0.2, 0) is 6.18 Å². The molecule has 0 spiro atoms. The van der Waals surface area contributed by atoms with E-state index in [1.807, 2.05) is 30.3 Å². The van der Waals surface area contributed by atoms with Crippen molar-refractivity contribution in [3.05, 3.63) is 71.3 Å². The number of aliphatic hydroxyl groups excluding tert-OH is 1. The summed E-state index contributed by atoms with van der Waals surface area (Å²) in [6.45, 7) is 0.0469. The molecule has 3 atom stereocenters. The summed E-state index contributed by atoms with van der Waals surface area (Å²) in [5.41, 5.74) is 1.35. The highest BCUT2D eigenvalue weighted by Crippen LogP contribution is 2.60. The van der Waals surface area contributed by atoms with Gasteiger partial charge in [0, 0.05) is 6.61 Å². The summed E-state index contributed by atoms with van der Waals surface area (Å²) < 4.78 is 37.7. The lowest BCUT2D eigenvalue weighted by Gasteiger charge is -2.07. The molecule has 4 heteroatoms. The molecule has 1 aliphatic rings. The van der Waals surface area contributed by atoms with E-state index in [9.17, 15) is 18.3 Å². The van der Waals surface area contributed by atoms with Gasteiger partial charge in [-0.15, -0.1) is 0 Å². The van der Waals surface area contributed by atoms with Crippen molar-refractivity contribution >= 4 is 0 Å². The van der Waals surface area contributed by atoms with Crippen LogP contribution in [0.5, 0.6) is 0 Å². The van der Waals surface area contributed by atoms with E-state index in [2.05, 4.69) is 0 Å². The van der Waals surface area contributed by atoms with Gasteiger partial charge in [0.05, 0.1) is 5.56 Å². The molecule has 1 nitrogen and oxygen atoms in total. The van der Waals surface area contributed by atoms with Gasteiger partial charge in [0.25, 0.3) is 0 Å². The van der Waals surface area contributed by atoms with Crippen LogP contribution in [0, 0.1) is 5.92 Å². The molecule has 0 amide bonds. The van der Waals surface area contributed by atoms with Crippen molar-refractivity contribution in [3.63, 3.8) is 0 Å². The Morgan fingerprint density at radius 1 is 0.810 bits per heavy atom. The number of rotatable bonds is 3. The predicted molar refractivity (Wildman–Crippen MR) is 73.9 cm³/mol. The molecule has 1 aliphatic carbocycles. The van der Waals surface area contributed by atoms with E-state index in [0.717, 1.165) is 23.3 Å². The van der Waals surface area contributed by atoms with Crippen LogP contribution in [0.25, 0.3) is 0 Å². The topological polar surface area (TPSA) is 20.2 Å². The Labute approximate surface area is 121 Å². The van der Waals surface area contributed by atoms with Crippen molar-refractivity contribution in [2.75, 3.05) is 6.61 Å². The minimum Gasteiger partial charge on any atom is -0.396 e. The maximum absolute atomic E-state index is 12.6. The summed E-state index contributed by atoms with van der Waals surface area (Å²) >= 11 is 0. The normalized spacial score (nSPS) is 24.9. The van der Waals surface area contributed by atoms with Gasteiger partial charge in [-0.2, -0.15) is 13.2 Å². The third-order valence-electron chi connectivity index (χ3n) is 4.19.